The van der Waals surface area contributed by atoms with E-state index in [0.29, 0.717) is 6.42 Å². The molecule has 3 heteroatoms. The molecule has 0 aromatic heterocycles. The molecule has 1 amide bonds. The largest absolute Gasteiger partial charge is 0.338 e. The molecule has 3 nitrogen and oxygen atoms in total. The average Bonchev–Trinajstić information content (AvgIpc) is 2.35. The first kappa shape index (κ1) is 14.2. The molecular formula is C15H20N2O. The lowest BCUT2D eigenvalue weighted by molar-refractivity contribution is -0.122. The number of carbonyl (C=O) groups is 1. The van der Waals surface area contributed by atoms with E-state index in [2.05, 4.69) is 23.5 Å². The first-order valence-corrected chi connectivity index (χ1v) is 6.30. The molecule has 0 aliphatic rings. The molecule has 0 saturated heterocycles. The van der Waals surface area contributed by atoms with Crippen LogP contribution in [0.2, 0.25) is 0 Å². The highest BCUT2D eigenvalue weighted by Crippen LogP contribution is 2.07. The Morgan fingerprint density at radius 2 is 1.94 bits per heavy atom. The zero-order valence-corrected chi connectivity index (χ0v) is 11.1. The van der Waals surface area contributed by atoms with E-state index < -0.39 is 5.54 Å². The van der Waals surface area contributed by atoms with Crippen LogP contribution in [-0.4, -0.2) is 11.4 Å². The smallest absolute Gasteiger partial charge is 0.221 e. The van der Waals surface area contributed by atoms with E-state index >= 15 is 0 Å². The topological polar surface area (TPSA) is 52.9 Å². The van der Waals surface area contributed by atoms with Crippen molar-refractivity contribution < 1.29 is 4.79 Å². The Morgan fingerprint density at radius 1 is 1.28 bits per heavy atom. The molecule has 0 aliphatic heterocycles. The summed E-state index contributed by atoms with van der Waals surface area (Å²) < 4.78 is 0. The summed E-state index contributed by atoms with van der Waals surface area (Å²) >= 11 is 0. The molecule has 96 valence electrons. The number of unbranched alkanes of at least 4 members (excludes halogenated alkanes) is 1. The molecule has 0 unspecified atom stereocenters. The van der Waals surface area contributed by atoms with Gasteiger partial charge in [-0.15, -0.1) is 0 Å². The van der Waals surface area contributed by atoms with E-state index in [-0.39, 0.29) is 5.91 Å². The lowest BCUT2D eigenvalue weighted by Gasteiger charge is -2.17. The highest BCUT2D eigenvalue weighted by molar-refractivity contribution is 5.77. The highest BCUT2D eigenvalue weighted by atomic mass is 16.1. The number of hydrogen-bond acceptors (Lipinski definition) is 2. The minimum absolute atomic E-state index is 0.0467. The van der Waals surface area contributed by atoms with E-state index in [9.17, 15) is 4.79 Å². The summed E-state index contributed by atoms with van der Waals surface area (Å²) in [6.45, 7) is 3.41. The second-order valence-corrected chi connectivity index (χ2v) is 4.98. The van der Waals surface area contributed by atoms with Gasteiger partial charge in [0.15, 0.2) is 0 Å². The number of nitrogens with zero attached hydrogens (tertiary/aromatic N) is 1. The van der Waals surface area contributed by atoms with Gasteiger partial charge in [-0.25, -0.2) is 0 Å². The maximum atomic E-state index is 11.6. The van der Waals surface area contributed by atoms with Gasteiger partial charge in [-0.3, -0.25) is 4.79 Å². The summed E-state index contributed by atoms with van der Waals surface area (Å²) in [4.78, 5) is 11.6. The zero-order chi connectivity index (χ0) is 13.4. The van der Waals surface area contributed by atoms with Crippen LogP contribution in [0.4, 0.5) is 0 Å². The Balaban J connectivity index is 2.19. The van der Waals surface area contributed by atoms with Gasteiger partial charge in [0.1, 0.15) is 5.54 Å². The van der Waals surface area contributed by atoms with E-state index in [1.807, 2.05) is 18.2 Å². The van der Waals surface area contributed by atoms with E-state index in [1.165, 1.54) is 5.56 Å². The first-order valence-electron chi connectivity index (χ1n) is 6.30. The quantitative estimate of drug-likeness (QED) is 0.782. The van der Waals surface area contributed by atoms with E-state index in [0.717, 1.165) is 19.3 Å². The van der Waals surface area contributed by atoms with Gasteiger partial charge in [0.25, 0.3) is 0 Å². The van der Waals surface area contributed by atoms with Gasteiger partial charge in [-0.2, -0.15) is 5.26 Å². The van der Waals surface area contributed by atoms with Gasteiger partial charge in [-0.05, 0) is 38.7 Å². The number of aryl methyl sites for hydroxylation is 1. The standard InChI is InChI=1S/C15H20N2O/c1-15(2,12-16)17-14(18)11-7-6-10-13-8-4-3-5-9-13/h3-5,8-9H,6-7,10-11H2,1-2H3,(H,17,18). The minimum Gasteiger partial charge on any atom is -0.338 e. The fourth-order valence-electron chi connectivity index (χ4n) is 1.70. The number of benzene rings is 1. The lowest BCUT2D eigenvalue weighted by atomic mass is 10.1. The maximum absolute atomic E-state index is 11.6. The van der Waals surface area contributed by atoms with Gasteiger partial charge >= 0.3 is 0 Å². The normalized spacial score (nSPS) is 10.7. The Labute approximate surface area is 109 Å². The second-order valence-electron chi connectivity index (χ2n) is 4.98. The third kappa shape index (κ3) is 5.49. The molecule has 0 radical (unpaired) electrons. The second kappa shape index (κ2) is 6.80. The van der Waals surface area contributed by atoms with Crippen LogP contribution in [0.15, 0.2) is 30.3 Å². The first-order chi connectivity index (χ1) is 8.53. The predicted octanol–water partition coefficient (Wildman–Crippen LogP) is 2.82. The number of nitrogens with one attached hydrogen (secondary N) is 1. The Kier molecular flexibility index (Phi) is 5.38. The van der Waals surface area contributed by atoms with Gasteiger partial charge in [-0.1, -0.05) is 30.3 Å². The maximum Gasteiger partial charge on any atom is 0.221 e. The van der Waals surface area contributed by atoms with Crippen molar-refractivity contribution in [2.45, 2.75) is 45.1 Å². The fourth-order valence-corrected chi connectivity index (χ4v) is 1.70. The van der Waals surface area contributed by atoms with Crippen LogP contribution in [0.3, 0.4) is 0 Å². The molecule has 0 bridgehead atoms. The SMILES string of the molecule is CC(C)(C#N)NC(=O)CCCCc1ccccc1. The van der Waals surface area contributed by atoms with Crippen molar-refractivity contribution in [2.24, 2.45) is 0 Å². The van der Waals surface area contributed by atoms with Crippen LogP contribution in [0.5, 0.6) is 0 Å². The summed E-state index contributed by atoms with van der Waals surface area (Å²) in [7, 11) is 0. The molecule has 0 aliphatic carbocycles. The number of amides is 1. The summed E-state index contributed by atoms with van der Waals surface area (Å²) in [5, 5.41) is 11.5. The van der Waals surface area contributed by atoms with Crippen molar-refractivity contribution in [1.29, 1.82) is 5.26 Å². The minimum atomic E-state index is -0.767. The van der Waals surface area contributed by atoms with Crippen LogP contribution in [0, 0.1) is 11.3 Å². The molecule has 0 heterocycles. The molecule has 1 aromatic carbocycles. The molecule has 1 aromatic rings. The predicted molar refractivity (Wildman–Crippen MR) is 71.8 cm³/mol. The monoisotopic (exact) mass is 244 g/mol. The van der Waals surface area contributed by atoms with Crippen molar-refractivity contribution in [3.05, 3.63) is 35.9 Å². The molecule has 0 saturated carbocycles. The Morgan fingerprint density at radius 3 is 2.56 bits per heavy atom. The summed E-state index contributed by atoms with van der Waals surface area (Å²) in [5.74, 6) is -0.0467. The third-order valence-electron chi connectivity index (χ3n) is 2.69. The van der Waals surface area contributed by atoms with Crippen LogP contribution >= 0.6 is 0 Å². The van der Waals surface area contributed by atoms with Crippen molar-refractivity contribution in [3.63, 3.8) is 0 Å². The van der Waals surface area contributed by atoms with E-state index in [4.69, 9.17) is 5.26 Å². The fraction of sp³-hybridized carbons (Fsp3) is 0.467. The number of rotatable bonds is 6. The molecule has 0 fully saturated rings. The molecule has 0 atom stereocenters. The zero-order valence-electron chi connectivity index (χ0n) is 11.1. The summed E-state index contributed by atoms with van der Waals surface area (Å²) in [5.41, 5.74) is 0.534. The van der Waals surface area contributed by atoms with Gasteiger partial charge < -0.3 is 5.32 Å². The average molecular weight is 244 g/mol. The van der Waals surface area contributed by atoms with Crippen LogP contribution < -0.4 is 5.32 Å². The molecular weight excluding hydrogens is 224 g/mol. The van der Waals surface area contributed by atoms with E-state index in [1.54, 1.807) is 13.8 Å². The summed E-state index contributed by atoms with van der Waals surface area (Å²) in [6, 6.07) is 12.3. The molecule has 0 spiro atoms. The highest BCUT2D eigenvalue weighted by Gasteiger charge is 2.18. The van der Waals surface area contributed by atoms with Crippen molar-refractivity contribution in [3.8, 4) is 6.07 Å². The number of hydrogen-bond donors (Lipinski definition) is 1. The van der Waals surface area contributed by atoms with Crippen molar-refractivity contribution >= 4 is 5.91 Å². The Bertz CT molecular complexity index is 418. The Hall–Kier alpha value is -1.82. The molecule has 1 N–H and O–H groups in total. The summed E-state index contributed by atoms with van der Waals surface area (Å²) in [6.07, 6.45) is 3.32. The number of nitriles is 1. The molecule has 1 rings (SSSR count). The van der Waals surface area contributed by atoms with Crippen LogP contribution in [0.25, 0.3) is 0 Å². The number of carbonyl (C=O) groups excluding carboxylic acids is 1. The van der Waals surface area contributed by atoms with Gasteiger partial charge in [0.05, 0.1) is 6.07 Å². The van der Waals surface area contributed by atoms with Gasteiger partial charge in [0, 0.05) is 6.42 Å². The van der Waals surface area contributed by atoms with Crippen LogP contribution in [0.1, 0.15) is 38.7 Å². The van der Waals surface area contributed by atoms with Crippen molar-refractivity contribution in [2.75, 3.05) is 0 Å². The third-order valence-corrected chi connectivity index (χ3v) is 2.69. The molecule has 18 heavy (non-hydrogen) atoms. The van der Waals surface area contributed by atoms with Crippen LogP contribution in [-0.2, 0) is 11.2 Å². The lowest BCUT2D eigenvalue weighted by Crippen LogP contribution is -2.41. The van der Waals surface area contributed by atoms with Gasteiger partial charge in [0.2, 0.25) is 5.91 Å². The van der Waals surface area contributed by atoms with Crippen molar-refractivity contribution in [1.82, 2.24) is 5.32 Å².